The van der Waals surface area contributed by atoms with Gasteiger partial charge < -0.3 is 10.1 Å². The molecule has 0 fully saturated rings. The van der Waals surface area contributed by atoms with E-state index < -0.39 is 0 Å². The van der Waals surface area contributed by atoms with E-state index in [1.165, 1.54) is 0 Å². The number of carbonyl (C=O) groups is 1. The van der Waals surface area contributed by atoms with Gasteiger partial charge in [0.05, 0.1) is 12.2 Å². The lowest BCUT2D eigenvalue weighted by molar-refractivity contribution is 0.102. The quantitative estimate of drug-likeness (QED) is 0.727. The minimum atomic E-state index is -0.171. The average molecular weight is 413 g/mol. The summed E-state index contributed by atoms with van der Waals surface area (Å²) in [6, 6.07) is 12.9. The summed E-state index contributed by atoms with van der Waals surface area (Å²) in [6.45, 7) is 2.71. The molecule has 0 unspecified atom stereocenters. The molecule has 2 aromatic rings. The summed E-state index contributed by atoms with van der Waals surface area (Å²) in [5.74, 6) is 0.582. The van der Waals surface area contributed by atoms with Crippen LogP contribution in [-0.4, -0.2) is 12.5 Å². The zero-order valence-electron chi connectivity index (χ0n) is 11.5. The molecule has 0 bridgehead atoms. The molecule has 0 heterocycles. The second-order valence-electron chi connectivity index (χ2n) is 4.45. The smallest absolute Gasteiger partial charge is 0.256 e. The first-order valence-electron chi connectivity index (χ1n) is 6.59. The van der Waals surface area contributed by atoms with Crippen LogP contribution in [-0.2, 0) is 0 Å². The fourth-order valence-corrected chi connectivity index (χ4v) is 2.54. The molecule has 0 aliphatic carbocycles. The Morgan fingerprint density at radius 3 is 2.76 bits per heavy atom. The third-order valence-electron chi connectivity index (χ3n) is 2.74. The first-order chi connectivity index (χ1) is 10.1. The number of halogens is 2. The van der Waals surface area contributed by atoms with Crippen molar-refractivity contribution in [2.75, 3.05) is 11.9 Å². The molecule has 0 radical (unpaired) electrons. The Balaban J connectivity index is 2.14. The van der Waals surface area contributed by atoms with Crippen LogP contribution >= 0.6 is 31.9 Å². The number of hydrogen-bond donors (Lipinski definition) is 1. The van der Waals surface area contributed by atoms with Gasteiger partial charge in [0.15, 0.2) is 0 Å². The fourth-order valence-electron chi connectivity index (χ4n) is 1.75. The van der Waals surface area contributed by atoms with Gasteiger partial charge in [-0.15, -0.1) is 0 Å². The van der Waals surface area contributed by atoms with E-state index in [0.29, 0.717) is 17.9 Å². The van der Waals surface area contributed by atoms with Gasteiger partial charge in [0, 0.05) is 20.7 Å². The summed E-state index contributed by atoms with van der Waals surface area (Å²) in [6.07, 6.45) is 0.946. The predicted molar refractivity (Wildman–Crippen MR) is 92.0 cm³/mol. The van der Waals surface area contributed by atoms with E-state index in [1.807, 2.05) is 36.4 Å². The number of ether oxygens (including phenoxy) is 1. The minimum Gasteiger partial charge on any atom is -0.494 e. The number of nitrogens with one attached hydrogen (secondary N) is 1. The van der Waals surface area contributed by atoms with Gasteiger partial charge in [0.2, 0.25) is 0 Å². The van der Waals surface area contributed by atoms with E-state index in [0.717, 1.165) is 21.1 Å². The maximum absolute atomic E-state index is 12.3. The Kier molecular flexibility index (Phi) is 5.82. The first kappa shape index (κ1) is 16.0. The Hall–Kier alpha value is -1.33. The summed E-state index contributed by atoms with van der Waals surface area (Å²) in [5.41, 5.74) is 1.28. The molecule has 2 aromatic carbocycles. The first-order valence-corrected chi connectivity index (χ1v) is 8.18. The lowest BCUT2D eigenvalue weighted by atomic mass is 10.2. The number of anilines is 1. The summed E-state index contributed by atoms with van der Waals surface area (Å²) in [5, 5.41) is 2.87. The van der Waals surface area contributed by atoms with Crippen molar-refractivity contribution >= 4 is 43.5 Å². The molecular formula is C16H15Br2NO2. The second-order valence-corrected chi connectivity index (χ2v) is 6.22. The van der Waals surface area contributed by atoms with Gasteiger partial charge in [-0.25, -0.2) is 0 Å². The van der Waals surface area contributed by atoms with Crippen LogP contribution in [0.25, 0.3) is 0 Å². The van der Waals surface area contributed by atoms with Gasteiger partial charge in [-0.3, -0.25) is 4.79 Å². The third kappa shape index (κ3) is 4.58. The van der Waals surface area contributed by atoms with Crippen LogP contribution in [0.5, 0.6) is 5.75 Å². The summed E-state index contributed by atoms with van der Waals surface area (Å²) in [7, 11) is 0. The summed E-state index contributed by atoms with van der Waals surface area (Å²) >= 11 is 6.76. The van der Waals surface area contributed by atoms with Crippen LogP contribution in [0.15, 0.2) is 51.4 Å². The Bertz CT molecular complexity index is 644. The standard InChI is InChI=1S/C16H15Br2NO2/c1-2-8-21-13-5-3-4-12(10-13)19-16(20)14-9-11(17)6-7-15(14)18/h3-7,9-10H,2,8H2,1H3,(H,19,20). The zero-order chi connectivity index (χ0) is 15.2. The molecule has 0 aliphatic rings. The molecule has 5 heteroatoms. The SMILES string of the molecule is CCCOc1cccc(NC(=O)c2cc(Br)ccc2Br)c1. The van der Waals surface area contributed by atoms with E-state index >= 15 is 0 Å². The van der Waals surface area contributed by atoms with Crippen molar-refractivity contribution in [1.29, 1.82) is 0 Å². The van der Waals surface area contributed by atoms with Gasteiger partial charge in [-0.1, -0.05) is 28.9 Å². The topological polar surface area (TPSA) is 38.3 Å². The van der Waals surface area contributed by atoms with E-state index in [-0.39, 0.29) is 5.91 Å². The van der Waals surface area contributed by atoms with Gasteiger partial charge in [-0.05, 0) is 52.7 Å². The van der Waals surface area contributed by atoms with Crippen LogP contribution in [0, 0.1) is 0 Å². The zero-order valence-corrected chi connectivity index (χ0v) is 14.7. The monoisotopic (exact) mass is 411 g/mol. The van der Waals surface area contributed by atoms with Crippen molar-refractivity contribution in [1.82, 2.24) is 0 Å². The molecule has 0 aliphatic heterocycles. The summed E-state index contributed by atoms with van der Waals surface area (Å²) in [4.78, 5) is 12.3. The van der Waals surface area contributed by atoms with Crippen molar-refractivity contribution in [3.05, 3.63) is 57.0 Å². The molecule has 21 heavy (non-hydrogen) atoms. The van der Waals surface area contributed by atoms with E-state index in [1.54, 1.807) is 6.07 Å². The van der Waals surface area contributed by atoms with Crippen molar-refractivity contribution in [2.24, 2.45) is 0 Å². The summed E-state index contributed by atoms with van der Waals surface area (Å²) < 4.78 is 7.17. The van der Waals surface area contributed by atoms with Gasteiger partial charge >= 0.3 is 0 Å². The van der Waals surface area contributed by atoms with Crippen LogP contribution in [0.4, 0.5) is 5.69 Å². The third-order valence-corrected chi connectivity index (χ3v) is 3.92. The normalized spacial score (nSPS) is 10.2. The number of carbonyl (C=O) groups excluding carboxylic acids is 1. The molecule has 0 saturated heterocycles. The molecule has 1 amide bonds. The van der Waals surface area contributed by atoms with Gasteiger partial charge in [0.25, 0.3) is 5.91 Å². The highest BCUT2D eigenvalue weighted by Crippen LogP contribution is 2.24. The van der Waals surface area contributed by atoms with Crippen LogP contribution < -0.4 is 10.1 Å². The van der Waals surface area contributed by atoms with Gasteiger partial charge in [-0.2, -0.15) is 0 Å². The molecule has 110 valence electrons. The highest BCUT2D eigenvalue weighted by molar-refractivity contribution is 9.11. The Morgan fingerprint density at radius 1 is 1.19 bits per heavy atom. The molecule has 3 nitrogen and oxygen atoms in total. The molecule has 0 atom stereocenters. The average Bonchev–Trinajstić information content (AvgIpc) is 2.48. The van der Waals surface area contributed by atoms with Crippen molar-refractivity contribution in [2.45, 2.75) is 13.3 Å². The molecule has 0 saturated carbocycles. The van der Waals surface area contributed by atoms with E-state index in [9.17, 15) is 4.79 Å². The van der Waals surface area contributed by atoms with Gasteiger partial charge in [0.1, 0.15) is 5.75 Å². The van der Waals surface area contributed by atoms with Crippen LogP contribution in [0.2, 0.25) is 0 Å². The molecular weight excluding hydrogens is 398 g/mol. The Morgan fingerprint density at radius 2 is 2.00 bits per heavy atom. The van der Waals surface area contributed by atoms with E-state index in [4.69, 9.17) is 4.74 Å². The highest BCUT2D eigenvalue weighted by atomic mass is 79.9. The van der Waals surface area contributed by atoms with Crippen molar-refractivity contribution in [3.63, 3.8) is 0 Å². The molecule has 1 N–H and O–H groups in total. The van der Waals surface area contributed by atoms with Crippen molar-refractivity contribution < 1.29 is 9.53 Å². The largest absolute Gasteiger partial charge is 0.494 e. The number of benzene rings is 2. The Labute approximate surface area is 141 Å². The van der Waals surface area contributed by atoms with E-state index in [2.05, 4.69) is 44.1 Å². The number of hydrogen-bond acceptors (Lipinski definition) is 2. The minimum absolute atomic E-state index is 0.171. The fraction of sp³-hybridized carbons (Fsp3) is 0.188. The maximum Gasteiger partial charge on any atom is 0.256 e. The molecule has 0 aromatic heterocycles. The predicted octanol–water partition coefficient (Wildman–Crippen LogP) is 5.25. The van der Waals surface area contributed by atoms with Crippen molar-refractivity contribution in [3.8, 4) is 5.75 Å². The highest BCUT2D eigenvalue weighted by Gasteiger charge is 2.11. The molecule has 0 spiro atoms. The number of rotatable bonds is 5. The lowest BCUT2D eigenvalue weighted by Crippen LogP contribution is -2.12. The maximum atomic E-state index is 12.3. The lowest BCUT2D eigenvalue weighted by Gasteiger charge is -2.09. The van der Waals surface area contributed by atoms with Crippen LogP contribution in [0.1, 0.15) is 23.7 Å². The molecule has 2 rings (SSSR count). The number of amides is 1. The second kappa shape index (κ2) is 7.61. The van der Waals surface area contributed by atoms with Crippen LogP contribution in [0.3, 0.4) is 0 Å².